The second-order valence-electron chi connectivity index (χ2n) is 17.7. The molecule has 0 bridgehead atoms. The first kappa shape index (κ1) is 38.5. The van der Waals surface area contributed by atoms with Crippen molar-refractivity contribution in [3.8, 4) is 61.3 Å². The van der Waals surface area contributed by atoms with E-state index in [4.69, 9.17) is 0 Å². The molecule has 0 saturated heterocycles. The Labute approximate surface area is 381 Å². The van der Waals surface area contributed by atoms with Gasteiger partial charge in [-0.15, -0.1) is 0 Å². The van der Waals surface area contributed by atoms with Crippen molar-refractivity contribution >= 4 is 38.9 Å². The van der Waals surface area contributed by atoms with Gasteiger partial charge in [0.05, 0.1) is 22.4 Å². The normalized spacial score (nSPS) is 12.6. The molecule has 11 aromatic rings. The molecule has 1 aliphatic carbocycles. The van der Waals surface area contributed by atoms with Gasteiger partial charge in [-0.05, 0) is 110 Å². The van der Waals surface area contributed by atoms with Crippen molar-refractivity contribution in [3.63, 3.8) is 0 Å². The summed E-state index contributed by atoms with van der Waals surface area (Å²) in [7, 11) is 0. The monoisotopic (exact) mass is 830 g/mol. The molecule has 0 atom stereocenters. The van der Waals surface area contributed by atoms with Crippen LogP contribution in [-0.2, 0) is 5.41 Å². The Morgan fingerprint density at radius 3 is 1.43 bits per heavy atom. The van der Waals surface area contributed by atoms with E-state index in [0.717, 1.165) is 17.1 Å². The molecule has 0 fully saturated rings. The number of aromatic nitrogens is 1. The quantitative estimate of drug-likeness (QED) is 0.148. The fraction of sp³-hybridized carbons (Fsp3) is 0.0476. The summed E-state index contributed by atoms with van der Waals surface area (Å²) in [6.45, 7) is 4.70. The topological polar surface area (TPSA) is 8.17 Å². The van der Waals surface area contributed by atoms with Crippen LogP contribution in [-0.4, -0.2) is 4.57 Å². The Morgan fingerprint density at radius 2 is 0.769 bits per heavy atom. The molecule has 2 nitrogen and oxygen atoms in total. The number of rotatable bonds is 8. The summed E-state index contributed by atoms with van der Waals surface area (Å²) < 4.78 is 2.41. The smallest absolute Gasteiger partial charge is 0.0541 e. The first-order valence-electron chi connectivity index (χ1n) is 22.6. The molecule has 12 rings (SSSR count). The van der Waals surface area contributed by atoms with Crippen LogP contribution in [0.4, 0.5) is 17.1 Å². The lowest BCUT2D eigenvalue weighted by molar-refractivity contribution is 0.660. The highest BCUT2D eigenvalue weighted by Crippen LogP contribution is 2.50. The van der Waals surface area contributed by atoms with Gasteiger partial charge in [-0.2, -0.15) is 0 Å². The third kappa shape index (κ3) is 6.49. The molecular weight excluding hydrogens is 785 g/mol. The lowest BCUT2D eigenvalue weighted by Gasteiger charge is -2.28. The third-order valence-electron chi connectivity index (χ3n) is 13.7. The molecule has 1 aliphatic rings. The minimum Gasteiger partial charge on any atom is -0.310 e. The summed E-state index contributed by atoms with van der Waals surface area (Å²) in [5.41, 5.74) is 21.9. The van der Waals surface area contributed by atoms with Gasteiger partial charge < -0.3 is 9.47 Å². The highest BCUT2D eigenvalue weighted by Gasteiger charge is 2.35. The maximum Gasteiger partial charge on any atom is 0.0541 e. The molecule has 0 saturated carbocycles. The largest absolute Gasteiger partial charge is 0.310 e. The molecule has 308 valence electrons. The highest BCUT2D eigenvalue weighted by molar-refractivity contribution is 6.09. The second kappa shape index (κ2) is 15.6. The molecule has 10 aromatic carbocycles. The average Bonchev–Trinajstić information content (AvgIpc) is 3.83. The number of hydrogen-bond donors (Lipinski definition) is 0. The van der Waals surface area contributed by atoms with Gasteiger partial charge in [0.2, 0.25) is 0 Å². The van der Waals surface area contributed by atoms with Crippen molar-refractivity contribution in [1.82, 2.24) is 4.57 Å². The van der Waals surface area contributed by atoms with Crippen molar-refractivity contribution in [2.75, 3.05) is 4.90 Å². The molecule has 1 aromatic heterocycles. The first-order chi connectivity index (χ1) is 32.0. The van der Waals surface area contributed by atoms with Gasteiger partial charge in [0.25, 0.3) is 0 Å². The van der Waals surface area contributed by atoms with E-state index in [1.165, 1.54) is 94.3 Å². The average molecular weight is 831 g/mol. The maximum atomic E-state index is 2.41. The van der Waals surface area contributed by atoms with E-state index in [9.17, 15) is 0 Å². The van der Waals surface area contributed by atoms with Crippen LogP contribution in [0.5, 0.6) is 0 Å². The summed E-state index contributed by atoms with van der Waals surface area (Å²) >= 11 is 0. The van der Waals surface area contributed by atoms with Crippen LogP contribution < -0.4 is 4.90 Å². The molecule has 0 amide bonds. The zero-order valence-electron chi connectivity index (χ0n) is 36.5. The highest BCUT2D eigenvalue weighted by atomic mass is 15.1. The van der Waals surface area contributed by atoms with Crippen molar-refractivity contribution < 1.29 is 0 Å². The van der Waals surface area contributed by atoms with Crippen LogP contribution >= 0.6 is 0 Å². The summed E-state index contributed by atoms with van der Waals surface area (Å²) in [5, 5.41) is 2.53. The lowest BCUT2D eigenvalue weighted by atomic mass is 9.81. The fourth-order valence-electron chi connectivity index (χ4n) is 10.4. The third-order valence-corrected chi connectivity index (χ3v) is 13.7. The van der Waals surface area contributed by atoms with Crippen LogP contribution in [0.25, 0.3) is 83.1 Å². The zero-order valence-corrected chi connectivity index (χ0v) is 36.5. The van der Waals surface area contributed by atoms with Gasteiger partial charge in [0.15, 0.2) is 0 Å². The number of para-hydroxylation sites is 4. The van der Waals surface area contributed by atoms with E-state index in [1.54, 1.807) is 0 Å². The molecule has 1 heterocycles. The number of hydrogen-bond acceptors (Lipinski definition) is 1. The van der Waals surface area contributed by atoms with E-state index >= 15 is 0 Å². The van der Waals surface area contributed by atoms with Gasteiger partial charge in [-0.3, -0.25) is 0 Å². The second-order valence-corrected chi connectivity index (χ2v) is 17.7. The molecule has 0 N–H and O–H groups in total. The van der Waals surface area contributed by atoms with Crippen LogP contribution in [0.2, 0.25) is 0 Å². The minimum atomic E-state index is -0.0478. The number of fused-ring (bicyclic) bond motifs is 6. The Morgan fingerprint density at radius 1 is 0.323 bits per heavy atom. The van der Waals surface area contributed by atoms with Gasteiger partial charge in [0, 0.05) is 38.7 Å². The van der Waals surface area contributed by atoms with E-state index in [1.807, 2.05) is 0 Å². The predicted molar refractivity (Wildman–Crippen MR) is 275 cm³/mol. The first-order valence-corrected chi connectivity index (χ1v) is 22.6. The van der Waals surface area contributed by atoms with E-state index in [-0.39, 0.29) is 5.41 Å². The van der Waals surface area contributed by atoms with Crippen molar-refractivity contribution in [2.24, 2.45) is 0 Å². The van der Waals surface area contributed by atoms with Crippen molar-refractivity contribution in [1.29, 1.82) is 0 Å². The fourth-order valence-corrected chi connectivity index (χ4v) is 10.4. The summed E-state index contributed by atoms with van der Waals surface area (Å²) in [4.78, 5) is 2.40. The lowest BCUT2D eigenvalue weighted by Crippen LogP contribution is -2.14. The standard InChI is InChI=1S/C63H46N2/c1-63(2)57-23-11-6-20-53(57)54-41-36-48(42-58(54)63)45-34-39-50(40-35-45)64(59-24-12-7-18-51(59)46-16-4-3-5-17-46)49-37-32-44(33-38-49)43-28-30-47(31-29-43)52-19-8-13-25-60(52)65-61-26-14-9-21-55(61)56-22-10-15-27-62(56)65/h3-42H,1-2H3. The Bertz CT molecular complexity index is 3490. The maximum absolute atomic E-state index is 2.41. The SMILES string of the molecule is CC1(C)c2ccccc2-c2ccc(-c3ccc(N(c4ccc(-c5ccc(-c6ccccc6-n6c7ccccc7c7ccccc76)cc5)cc4)c4ccccc4-c4ccccc4)cc3)cc21. The summed E-state index contributed by atoms with van der Waals surface area (Å²) in [5.74, 6) is 0. The summed E-state index contributed by atoms with van der Waals surface area (Å²) in [6, 6.07) is 88.7. The van der Waals surface area contributed by atoms with Crippen LogP contribution in [0.1, 0.15) is 25.0 Å². The predicted octanol–water partition coefficient (Wildman–Crippen LogP) is 17.2. The van der Waals surface area contributed by atoms with E-state index < -0.39 is 0 Å². The summed E-state index contributed by atoms with van der Waals surface area (Å²) in [6.07, 6.45) is 0. The van der Waals surface area contributed by atoms with E-state index in [2.05, 4.69) is 266 Å². The van der Waals surface area contributed by atoms with Gasteiger partial charge >= 0.3 is 0 Å². The van der Waals surface area contributed by atoms with Crippen molar-refractivity contribution in [2.45, 2.75) is 19.3 Å². The van der Waals surface area contributed by atoms with Gasteiger partial charge in [0.1, 0.15) is 0 Å². The van der Waals surface area contributed by atoms with Crippen LogP contribution in [0.15, 0.2) is 243 Å². The van der Waals surface area contributed by atoms with E-state index in [0.29, 0.717) is 0 Å². The number of anilines is 3. The minimum absolute atomic E-state index is 0.0478. The Balaban J connectivity index is 0.890. The molecule has 2 heteroatoms. The number of benzene rings is 10. The molecular formula is C63H46N2. The zero-order chi connectivity index (χ0) is 43.5. The van der Waals surface area contributed by atoms with Crippen LogP contribution in [0, 0.1) is 0 Å². The van der Waals surface area contributed by atoms with Gasteiger partial charge in [-0.1, -0.05) is 202 Å². The van der Waals surface area contributed by atoms with Crippen molar-refractivity contribution in [3.05, 3.63) is 254 Å². The molecule has 0 aliphatic heterocycles. The molecule has 0 unspecified atom stereocenters. The molecule has 0 spiro atoms. The Kier molecular flexibility index (Phi) is 9.21. The number of nitrogens with zero attached hydrogens (tertiary/aromatic N) is 2. The van der Waals surface area contributed by atoms with Crippen LogP contribution in [0.3, 0.4) is 0 Å². The molecule has 65 heavy (non-hydrogen) atoms. The Hall–Kier alpha value is -8.20. The molecule has 0 radical (unpaired) electrons. The van der Waals surface area contributed by atoms with Gasteiger partial charge in [-0.25, -0.2) is 0 Å².